The smallest absolute Gasteiger partial charge is 0.309 e. The van der Waals surface area contributed by atoms with E-state index in [2.05, 4.69) is 0 Å². The van der Waals surface area contributed by atoms with E-state index in [1.165, 1.54) is 0 Å². The Labute approximate surface area is 99.0 Å². The number of epoxide rings is 1. The Balaban J connectivity index is 1.79. The topological polar surface area (TPSA) is 38.8 Å². The van der Waals surface area contributed by atoms with E-state index in [0.29, 0.717) is 12.2 Å². The van der Waals surface area contributed by atoms with Gasteiger partial charge < -0.3 is 9.47 Å². The van der Waals surface area contributed by atoms with Gasteiger partial charge in [0.2, 0.25) is 0 Å². The third-order valence-corrected chi connectivity index (χ3v) is 3.65. The van der Waals surface area contributed by atoms with E-state index < -0.39 is 0 Å². The van der Waals surface area contributed by atoms with Crippen LogP contribution in [0.1, 0.15) is 19.3 Å². The highest BCUT2D eigenvalue weighted by molar-refractivity contribution is 6.21. The second kappa shape index (κ2) is 4.89. The lowest BCUT2D eigenvalue weighted by molar-refractivity contribution is -0.153. The lowest BCUT2D eigenvalue weighted by Gasteiger charge is -2.20. The molecule has 1 saturated heterocycles. The number of hydrogen-bond donors (Lipinski definition) is 0. The number of carbonyl (C=O) groups excluding carboxylic acids is 1. The van der Waals surface area contributed by atoms with Crippen LogP contribution >= 0.6 is 23.2 Å². The van der Waals surface area contributed by atoms with Gasteiger partial charge in [-0.05, 0) is 19.3 Å². The van der Waals surface area contributed by atoms with Gasteiger partial charge in [-0.15, -0.1) is 23.2 Å². The Kier molecular flexibility index (Phi) is 3.75. The molecule has 0 aromatic rings. The molecular formula is C10H14Cl2O3. The molecule has 1 saturated carbocycles. The normalized spacial score (nSPS) is 33.7. The van der Waals surface area contributed by atoms with Crippen molar-refractivity contribution in [2.24, 2.45) is 5.92 Å². The van der Waals surface area contributed by atoms with Crippen LogP contribution in [0.15, 0.2) is 0 Å². The summed E-state index contributed by atoms with van der Waals surface area (Å²) >= 11 is 11.2. The molecule has 1 heterocycles. The highest BCUT2D eigenvalue weighted by Crippen LogP contribution is 2.39. The molecule has 0 unspecified atom stereocenters. The first-order valence-electron chi connectivity index (χ1n) is 5.22. The van der Waals surface area contributed by atoms with Crippen LogP contribution in [-0.2, 0) is 14.3 Å². The molecule has 1 aliphatic heterocycles. The van der Waals surface area contributed by atoms with Crippen molar-refractivity contribution in [3.05, 3.63) is 0 Å². The molecule has 0 aromatic carbocycles. The maximum atomic E-state index is 11.7. The van der Waals surface area contributed by atoms with Crippen molar-refractivity contribution in [1.29, 1.82) is 0 Å². The third kappa shape index (κ3) is 2.77. The van der Waals surface area contributed by atoms with Crippen LogP contribution in [-0.4, -0.2) is 36.0 Å². The molecule has 0 aromatic heterocycles. The van der Waals surface area contributed by atoms with Gasteiger partial charge >= 0.3 is 5.97 Å². The Morgan fingerprint density at radius 1 is 1.33 bits per heavy atom. The molecule has 2 aliphatic rings. The number of rotatable bonds is 4. The lowest BCUT2D eigenvalue weighted by Crippen LogP contribution is -2.29. The van der Waals surface area contributed by atoms with Crippen molar-refractivity contribution in [3.63, 3.8) is 0 Å². The highest BCUT2D eigenvalue weighted by atomic mass is 35.5. The molecule has 15 heavy (non-hydrogen) atoms. The van der Waals surface area contributed by atoms with Crippen molar-refractivity contribution in [3.8, 4) is 0 Å². The Morgan fingerprint density at radius 3 is 2.67 bits per heavy atom. The number of hydrogen-bond acceptors (Lipinski definition) is 3. The maximum absolute atomic E-state index is 11.7. The predicted molar refractivity (Wildman–Crippen MR) is 57.3 cm³/mol. The standard InChI is InChI=1S/C10H14Cl2O3/c11-4-7(5-12)14-10(13)6-1-2-8-9(3-6)15-8/h6-9H,1-5H2/t6-,8+,9+/m1/s1. The fraction of sp³-hybridized carbons (Fsp3) is 0.900. The first-order chi connectivity index (χ1) is 7.24. The number of halogens is 2. The van der Waals surface area contributed by atoms with E-state index in [1.807, 2.05) is 0 Å². The molecule has 5 heteroatoms. The van der Waals surface area contributed by atoms with Crippen LogP contribution in [0.4, 0.5) is 0 Å². The molecular weight excluding hydrogens is 239 g/mol. The van der Waals surface area contributed by atoms with Gasteiger partial charge in [-0.3, -0.25) is 4.79 Å². The van der Waals surface area contributed by atoms with Crippen LogP contribution in [0, 0.1) is 5.92 Å². The Bertz CT molecular complexity index is 243. The van der Waals surface area contributed by atoms with Crippen molar-refractivity contribution >= 4 is 29.2 Å². The molecule has 0 spiro atoms. The molecule has 3 nitrogen and oxygen atoms in total. The number of carbonyl (C=O) groups is 1. The van der Waals surface area contributed by atoms with E-state index in [1.54, 1.807) is 0 Å². The zero-order valence-electron chi connectivity index (χ0n) is 8.33. The molecule has 0 N–H and O–H groups in total. The summed E-state index contributed by atoms with van der Waals surface area (Å²) in [5, 5.41) is 0. The average molecular weight is 253 g/mol. The molecule has 1 aliphatic carbocycles. The zero-order chi connectivity index (χ0) is 10.8. The number of ether oxygens (including phenoxy) is 2. The van der Waals surface area contributed by atoms with Crippen LogP contribution < -0.4 is 0 Å². The van der Waals surface area contributed by atoms with Crippen LogP contribution in [0.3, 0.4) is 0 Å². The lowest BCUT2D eigenvalue weighted by atomic mass is 9.89. The predicted octanol–water partition coefficient (Wildman–Crippen LogP) is 1.94. The van der Waals surface area contributed by atoms with Crippen molar-refractivity contribution < 1.29 is 14.3 Å². The second-order valence-electron chi connectivity index (χ2n) is 4.09. The van der Waals surface area contributed by atoms with Crippen molar-refractivity contribution in [2.45, 2.75) is 37.6 Å². The van der Waals surface area contributed by atoms with Crippen molar-refractivity contribution in [2.75, 3.05) is 11.8 Å². The molecule has 3 atom stereocenters. The summed E-state index contributed by atoms with van der Waals surface area (Å²) in [7, 11) is 0. The molecule has 2 fully saturated rings. The monoisotopic (exact) mass is 252 g/mol. The summed E-state index contributed by atoms with van der Waals surface area (Å²) in [4.78, 5) is 11.7. The van der Waals surface area contributed by atoms with Crippen LogP contribution in [0.25, 0.3) is 0 Å². The van der Waals surface area contributed by atoms with E-state index in [4.69, 9.17) is 32.7 Å². The van der Waals surface area contributed by atoms with Gasteiger partial charge in [0.15, 0.2) is 0 Å². The second-order valence-corrected chi connectivity index (χ2v) is 4.71. The van der Waals surface area contributed by atoms with Gasteiger partial charge in [0.1, 0.15) is 6.10 Å². The summed E-state index contributed by atoms with van der Waals surface area (Å²) in [6.45, 7) is 0. The summed E-state index contributed by atoms with van der Waals surface area (Å²) in [6.07, 6.45) is 2.96. The van der Waals surface area contributed by atoms with Gasteiger partial charge in [-0.1, -0.05) is 0 Å². The van der Waals surface area contributed by atoms with Gasteiger partial charge in [0.05, 0.1) is 29.9 Å². The summed E-state index contributed by atoms with van der Waals surface area (Å²) in [6, 6.07) is 0. The van der Waals surface area contributed by atoms with E-state index in [-0.39, 0.29) is 29.8 Å². The largest absolute Gasteiger partial charge is 0.460 e. The van der Waals surface area contributed by atoms with Gasteiger partial charge in [-0.25, -0.2) is 0 Å². The first-order valence-corrected chi connectivity index (χ1v) is 6.29. The van der Waals surface area contributed by atoms with E-state index >= 15 is 0 Å². The number of fused-ring (bicyclic) bond motifs is 1. The molecule has 0 radical (unpaired) electrons. The van der Waals surface area contributed by atoms with Gasteiger partial charge in [0.25, 0.3) is 0 Å². The Morgan fingerprint density at radius 2 is 2.07 bits per heavy atom. The molecule has 2 rings (SSSR count). The fourth-order valence-electron chi connectivity index (χ4n) is 1.98. The average Bonchev–Trinajstić information content (AvgIpc) is 3.03. The third-order valence-electron chi connectivity index (χ3n) is 2.96. The van der Waals surface area contributed by atoms with Gasteiger partial charge in [0, 0.05) is 0 Å². The fourth-order valence-corrected chi connectivity index (χ4v) is 2.44. The van der Waals surface area contributed by atoms with Crippen LogP contribution in [0.5, 0.6) is 0 Å². The van der Waals surface area contributed by atoms with Crippen LogP contribution in [0.2, 0.25) is 0 Å². The minimum Gasteiger partial charge on any atom is -0.460 e. The van der Waals surface area contributed by atoms with E-state index in [0.717, 1.165) is 19.3 Å². The van der Waals surface area contributed by atoms with Crippen molar-refractivity contribution in [1.82, 2.24) is 0 Å². The number of esters is 1. The SMILES string of the molecule is O=C(OC(CCl)CCl)[C@@H]1CC[C@@H]2O[C@H]2C1. The first kappa shape index (κ1) is 11.5. The minimum absolute atomic E-state index is 0.0253. The zero-order valence-corrected chi connectivity index (χ0v) is 9.84. The summed E-state index contributed by atoms with van der Waals surface area (Å²) < 4.78 is 10.6. The molecule has 0 bridgehead atoms. The molecule has 0 amide bonds. The minimum atomic E-state index is -0.362. The summed E-state index contributed by atoms with van der Waals surface area (Å²) in [5.41, 5.74) is 0. The van der Waals surface area contributed by atoms with Gasteiger partial charge in [-0.2, -0.15) is 0 Å². The van der Waals surface area contributed by atoms with E-state index in [9.17, 15) is 4.79 Å². The highest BCUT2D eigenvalue weighted by Gasteiger charge is 2.46. The number of alkyl halides is 2. The maximum Gasteiger partial charge on any atom is 0.309 e. The molecule has 86 valence electrons. The quantitative estimate of drug-likeness (QED) is 0.436. The summed E-state index contributed by atoms with van der Waals surface area (Å²) in [5.74, 6) is 0.313. The Hall–Kier alpha value is 0.01000.